The lowest BCUT2D eigenvalue weighted by atomic mass is 9.74. The molecule has 2 N–H and O–H groups in total. The van der Waals surface area contributed by atoms with Crippen molar-refractivity contribution in [3.63, 3.8) is 0 Å². The Morgan fingerprint density at radius 2 is 1.79 bits per heavy atom. The van der Waals surface area contributed by atoms with Crippen LogP contribution in [0.5, 0.6) is 11.8 Å². The summed E-state index contributed by atoms with van der Waals surface area (Å²) in [6.07, 6.45) is 12.3. The lowest BCUT2D eigenvalue weighted by Gasteiger charge is -2.51. The monoisotopic (exact) mass is 729 g/mol. The van der Waals surface area contributed by atoms with Gasteiger partial charge in [-0.05, 0) is 126 Å². The van der Waals surface area contributed by atoms with Crippen LogP contribution in [0.2, 0.25) is 0 Å². The van der Waals surface area contributed by atoms with Crippen molar-refractivity contribution in [2.45, 2.75) is 128 Å². The van der Waals surface area contributed by atoms with E-state index in [1.165, 1.54) is 12.1 Å². The molecule has 0 bridgehead atoms. The lowest BCUT2D eigenvalue weighted by Crippen LogP contribution is -2.57. The number of anilines is 1. The van der Waals surface area contributed by atoms with Crippen molar-refractivity contribution >= 4 is 27.5 Å². The van der Waals surface area contributed by atoms with Gasteiger partial charge in [0.15, 0.2) is 5.82 Å². The van der Waals surface area contributed by atoms with Crippen LogP contribution in [0.25, 0.3) is 32.9 Å². The number of hydrogen-bond acceptors (Lipinski definition) is 9. The second kappa shape index (κ2) is 14.2. The number of aromatic nitrogens is 3. The number of pyridine rings is 1. The van der Waals surface area contributed by atoms with Gasteiger partial charge in [-0.1, -0.05) is 19.4 Å². The number of benzene rings is 2. The molecule has 5 heterocycles. The van der Waals surface area contributed by atoms with E-state index in [0.29, 0.717) is 77.7 Å². The molecule has 53 heavy (non-hydrogen) atoms. The van der Waals surface area contributed by atoms with E-state index < -0.39 is 17.2 Å². The summed E-state index contributed by atoms with van der Waals surface area (Å²) in [6.45, 7) is 10.5. The van der Waals surface area contributed by atoms with Crippen LogP contribution in [-0.4, -0.2) is 86.2 Å². The van der Waals surface area contributed by atoms with Gasteiger partial charge < -0.3 is 24.6 Å². The molecule has 1 saturated carbocycles. The number of phenols is 1. The molecule has 1 aliphatic carbocycles. The Hall–Kier alpha value is -3.67. The summed E-state index contributed by atoms with van der Waals surface area (Å²) in [5, 5.41) is 23.5. The third kappa shape index (κ3) is 6.82. The Morgan fingerprint density at radius 3 is 2.58 bits per heavy atom. The highest BCUT2D eigenvalue weighted by atomic mass is 19.1. The Balaban J connectivity index is 1.21. The summed E-state index contributed by atoms with van der Waals surface area (Å²) < 4.78 is 45.1. The molecule has 4 aliphatic rings. The van der Waals surface area contributed by atoms with Gasteiger partial charge in [-0.25, -0.2) is 8.78 Å². The molecule has 284 valence electrons. The lowest BCUT2D eigenvalue weighted by molar-refractivity contribution is -0.0967. The molecule has 2 aromatic heterocycles. The van der Waals surface area contributed by atoms with E-state index >= 15 is 8.78 Å². The highest BCUT2D eigenvalue weighted by Gasteiger charge is 2.50. The molecule has 9 nitrogen and oxygen atoms in total. The van der Waals surface area contributed by atoms with Gasteiger partial charge in [0.2, 0.25) is 0 Å². The zero-order valence-corrected chi connectivity index (χ0v) is 31.5. The maximum Gasteiger partial charge on any atom is 0.319 e. The molecule has 3 aliphatic heterocycles. The number of phenolic OH excluding ortho intramolecular Hbond substituents is 1. The summed E-state index contributed by atoms with van der Waals surface area (Å²) in [5.74, 6) is -0.687. The fourth-order valence-electron chi connectivity index (χ4n) is 10.3. The normalized spacial score (nSPS) is 29.8. The number of aromatic hydroxyl groups is 1. The van der Waals surface area contributed by atoms with Crippen molar-refractivity contribution < 1.29 is 28.5 Å². The van der Waals surface area contributed by atoms with Crippen molar-refractivity contribution in [1.82, 2.24) is 19.9 Å². The van der Waals surface area contributed by atoms with Crippen LogP contribution in [0.15, 0.2) is 30.5 Å². The number of β-amino-alcohol motifs (C(OH)–C–C–N with tert-alkyl or cyclic N) is 1. The minimum Gasteiger partial charge on any atom is -0.508 e. The first kappa shape index (κ1) is 36.3. The molecule has 0 spiro atoms. The summed E-state index contributed by atoms with van der Waals surface area (Å²) >= 11 is 0. The van der Waals surface area contributed by atoms with Crippen molar-refractivity contribution in [3.8, 4) is 23.0 Å². The Labute approximate surface area is 310 Å². The maximum absolute atomic E-state index is 17.2. The molecule has 8 rings (SSSR count). The summed E-state index contributed by atoms with van der Waals surface area (Å²) in [7, 11) is 0. The molecular formula is C42H53F2N5O4. The zero-order chi connectivity index (χ0) is 37.1. The largest absolute Gasteiger partial charge is 0.508 e. The average molecular weight is 730 g/mol. The quantitative estimate of drug-likeness (QED) is 0.195. The van der Waals surface area contributed by atoms with Crippen LogP contribution in [0, 0.1) is 17.0 Å². The van der Waals surface area contributed by atoms with Crippen LogP contribution in [-0.2, 0) is 11.2 Å². The molecule has 2 aromatic carbocycles. The minimum absolute atomic E-state index is 0.0329. The number of aliphatic hydroxyl groups is 1. The topological polar surface area (TPSA) is 104 Å². The number of nitrogens with zero attached hydrogens (tertiary/aromatic N) is 5. The van der Waals surface area contributed by atoms with E-state index in [2.05, 4.69) is 23.7 Å². The first-order chi connectivity index (χ1) is 25.4. The van der Waals surface area contributed by atoms with Gasteiger partial charge in [0.1, 0.15) is 28.6 Å². The number of rotatable bonds is 7. The van der Waals surface area contributed by atoms with Gasteiger partial charge in [0, 0.05) is 42.3 Å². The first-order valence-corrected chi connectivity index (χ1v) is 19.8. The molecule has 4 aromatic rings. The van der Waals surface area contributed by atoms with Crippen molar-refractivity contribution in [2.75, 3.05) is 31.1 Å². The number of halogens is 2. The Morgan fingerprint density at radius 1 is 1.00 bits per heavy atom. The smallest absolute Gasteiger partial charge is 0.319 e. The Bertz CT molecular complexity index is 2000. The number of aryl methyl sites for hydroxylation is 1. The minimum atomic E-state index is -0.956. The number of ether oxygens (including phenoxy) is 2. The second-order valence-electron chi connectivity index (χ2n) is 16.6. The molecule has 4 fully saturated rings. The van der Waals surface area contributed by atoms with E-state index in [9.17, 15) is 10.2 Å². The van der Waals surface area contributed by atoms with E-state index in [4.69, 9.17) is 19.4 Å². The standard InChI is InChI=1S/C42H53F2N5O4/c1-5-30-33(43)12-11-27-20-29(50)21-31(35(27)30)37-36(44)38-32(22-45-37)39(48-16-7-6-13-41(4,51)23-48)47-40(46-38)52-24-42-14-8-10-34(42)49(17-9-15-42)28-18-25(2)53-26(3)19-28/h11-12,20-22,25-26,28,34,50-51H,5-10,13-19,23-24H2,1-4H3/t25-,26+,28?,34-,41?,42-/m1/s1. The van der Waals surface area contributed by atoms with Crippen molar-refractivity contribution in [2.24, 2.45) is 5.41 Å². The number of piperidine rings is 1. The van der Waals surface area contributed by atoms with Gasteiger partial charge >= 0.3 is 6.01 Å². The number of likely N-dealkylation sites (tertiary alicyclic amines) is 1. The van der Waals surface area contributed by atoms with Crippen LogP contribution in [0.1, 0.15) is 97.5 Å². The zero-order valence-electron chi connectivity index (χ0n) is 31.5. The van der Waals surface area contributed by atoms with Crippen molar-refractivity contribution in [1.29, 1.82) is 0 Å². The van der Waals surface area contributed by atoms with Crippen molar-refractivity contribution in [3.05, 3.63) is 47.7 Å². The van der Waals surface area contributed by atoms with Crippen LogP contribution in [0.3, 0.4) is 0 Å². The summed E-state index contributed by atoms with van der Waals surface area (Å²) in [5.41, 5.74) is -0.285. The first-order valence-electron chi connectivity index (χ1n) is 19.8. The molecule has 0 amide bonds. The molecular weight excluding hydrogens is 676 g/mol. The van der Waals surface area contributed by atoms with E-state index in [1.54, 1.807) is 18.3 Å². The molecule has 0 radical (unpaired) electrons. The third-order valence-corrected chi connectivity index (χ3v) is 12.6. The molecule has 11 heteroatoms. The van der Waals surface area contributed by atoms with Crippen LogP contribution >= 0.6 is 0 Å². The summed E-state index contributed by atoms with van der Waals surface area (Å²) in [6, 6.07) is 6.92. The predicted octanol–water partition coefficient (Wildman–Crippen LogP) is 8.10. The van der Waals surface area contributed by atoms with Crippen LogP contribution < -0.4 is 9.64 Å². The van der Waals surface area contributed by atoms with Gasteiger partial charge in [-0.2, -0.15) is 9.97 Å². The fraction of sp³-hybridized carbons (Fsp3) is 0.595. The van der Waals surface area contributed by atoms with Gasteiger partial charge in [-0.15, -0.1) is 0 Å². The molecule has 6 atom stereocenters. The second-order valence-corrected chi connectivity index (χ2v) is 16.6. The average Bonchev–Trinajstić information content (AvgIpc) is 3.47. The fourth-order valence-corrected chi connectivity index (χ4v) is 10.3. The van der Waals surface area contributed by atoms with Gasteiger partial charge in [-0.3, -0.25) is 9.88 Å². The maximum atomic E-state index is 17.2. The van der Waals surface area contributed by atoms with Gasteiger partial charge in [0.25, 0.3) is 0 Å². The Kier molecular flexibility index (Phi) is 9.73. The number of hydrogen-bond donors (Lipinski definition) is 2. The van der Waals surface area contributed by atoms with Gasteiger partial charge in [0.05, 0.1) is 29.8 Å². The van der Waals surface area contributed by atoms with E-state index in [1.807, 2.05) is 18.7 Å². The van der Waals surface area contributed by atoms with E-state index in [0.717, 1.165) is 64.3 Å². The molecule has 2 unspecified atom stereocenters. The third-order valence-electron chi connectivity index (χ3n) is 12.6. The SMILES string of the molecule is CCc1c(F)ccc2cc(O)cc(-c3ncc4c(N5CCCCC(C)(O)C5)nc(OC[C@]56CCC[C@H]5N(C5C[C@@H](C)O[C@@H](C)C5)CCC6)nc4c3F)c12. The number of fused-ring (bicyclic) bond motifs is 3. The van der Waals surface area contributed by atoms with E-state index in [-0.39, 0.29) is 40.6 Å². The highest BCUT2D eigenvalue weighted by molar-refractivity contribution is 6.01. The molecule has 3 saturated heterocycles. The highest BCUT2D eigenvalue weighted by Crippen LogP contribution is 2.50. The van der Waals surface area contributed by atoms with Crippen LogP contribution in [0.4, 0.5) is 14.6 Å². The summed E-state index contributed by atoms with van der Waals surface area (Å²) in [4.78, 5) is 19.1. The predicted molar refractivity (Wildman–Crippen MR) is 202 cm³/mol.